The minimum absolute atomic E-state index is 0.113. The molecule has 2 aromatic heterocycles. The van der Waals surface area contributed by atoms with E-state index in [1.807, 2.05) is 30.3 Å². The molecule has 0 aliphatic rings. The van der Waals surface area contributed by atoms with E-state index in [1.54, 1.807) is 37.8 Å². The highest BCUT2D eigenvalue weighted by Crippen LogP contribution is 2.22. The molecule has 0 radical (unpaired) electrons. The molecular formula is C20H18N4O4. The summed E-state index contributed by atoms with van der Waals surface area (Å²) >= 11 is 0. The van der Waals surface area contributed by atoms with E-state index >= 15 is 0 Å². The Bertz CT molecular complexity index is 1200. The van der Waals surface area contributed by atoms with Gasteiger partial charge in [0.25, 0.3) is 11.4 Å². The monoisotopic (exact) mass is 378 g/mol. The van der Waals surface area contributed by atoms with Gasteiger partial charge < -0.3 is 18.6 Å². The Morgan fingerprint density at radius 1 is 1.07 bits per heavy atom. The van der Waals surface area contributed by atoms with Gasteiger partial charge in [0, 0.05) is 12.6 Å². The SMILES string of the molecule is COc1ccc(OCc2nc(-c3ccc4c(c3)nc(C)c(=O)n4C)no2)cc1. The summed E-state index contributed by atoms with van der Waals surface area (Å²) < 4.78 is 17.6. The average molecular weight is 378 g/mol. The summed E-state index contributed by atoms with van der Waals surface area (Å²) in [6, 6.07) is 12.7. The standard InChI is InChI=1S/C20H18N4O4/c1-12-20(25)24(2)17-9-4-13(10-16(17)21-12)19-22-18(28-23-19)11-27-15-7-5-14(26-3)6-8-15/h4-10H,11H2,1-3H3. The van der Waals surface area contributed by atoms with E-state index in [2.05, 4.69) is 15.1 Å². The molecule has 28 heavy (non-hydrogen) atoms. The van der Waals surface area contributed by atoms with Gasteiger partial charge in [0.05, 0.1) is 18.1 Å². The van der Waals surface area contributed by atoms with Gasteiger partial charge in [-0.2, -0.15) is 4.98 Å². The Balaban J connectivity index is 1.55. The zero-order valence-corrected chi connectivity index (χ0v) is 15.7. The molecule has 0 spiro atoms. The van der Waals surface area contributed by atoms with Gasteiger partial charge in [-0.15, -0.1) is 0 Å². The van der Waals surface area contributed by atoms with Crippen molar-refractivity contribution in [2.75, 3.05) is 7.11 Å². The number of aromatic nitrogens is 4. The lowest BCUT2D eigenvalue weighted by molar-refractivity contribution is 0.242. The third kappa shape index (κ3) is 3.32. The van der Waals surface area contributed by atoms with Gasteiger partial charge in [-0.25, -0.2) is 4.98 Å². The van der Waals surface area contributed by atoms with Crippen LogP contribution in [0.5, 0.6) is 11.5 Å². The molecule has 0 aliphatic heterocycles. The van der Waals surface area contributed by atoms with E-state index in [9.17, 15) is 4.79 Å². The number of rotatable bonds is 5. The number of ether oxygens (including phenoxy) is 2. The van der Waals surface area contributed by atoms with E-state index < -0.39 is 0 Å². The maximum Gasteiger partial charge on any atom is 0.272 e. The van der Waals surface area contributed by atoms with Crippen LogP contribution in [0.25, 0.3) is 22.4 Å². The topological polar surface area (TPSA) is 92.3 Å². The first-order valence-corrected chi connectivity index (χ1v) is 8.62. The number of nitrogens with zero attached hydrogens (tertiary/aromatic N) is 4. The van der Waals surface area contributed by atoms with Crippen LogP contribution in [0, 0.1) is 6.92 Å². The van der Waals surface area contributed by atoms with E-state index in [0.717, 1.165) is 16.8 Å². The fourth-order valence-electron chi connectivity index (χ4n) is 2.86. The number of hydrogen-bond acceptors (Lipinski definition) is 7. The summed E-state index contributed by atoms with van der Waals surface area (Å²) in [4.78, 5) is 20.7. The number of hydrogen-bond donors (Lipinski definition) is 0. The summed E-state index contributed by atoms with van der Waals surface area (Å²) in [6.07, 6.45) is 0. The van der Waals surface area contributed by atoms with Gasteiger partial charge in [-0.1, -0.05) is 5.16 Å². The minimum atomic E-state index is -0.113. The number of methoxy groups -OCH3 is 1. The molecule has 0 atom stereocenters. The van der Waals surface area contributed by atoms with Gasteiger partial charge in [0.1, 0.15) is 17.2 Å². The Morgan fingerprint density at radius 3 is 2.57 bits per heavy atom. The summed E-state index contributed by atoms with van der Waals surface area (Å²) in [5, 5.41) is 4.01. The molecule has 0 unspecified atom stereocenters. The quantitative estimate of drug-likeness (QED) is 0.527. The van der Waals surface area contributed by atoms with Crippen LogP contribution in [0.2, 0.25) is 0 Å². The van der Waals surface area contributed by atoms with Crippen LogP contribution in [0.4, 0.5) is 0 Å². The van der Waals surface area contributed by atoms with Gasteiger partial charge in [0.2, 0.25) is 5.82 Å². The van der Waals surface area contributed by atoms with E-state index in [4.69, 9.17) is 14.0 Å². The van der Waals surface area contributed by atoms with E-state index in [0.29, 0.717) is 28.7 Å². The Kier molecular flexibility index (Phi) is 4.52. The van der Waals surface area contributed by atoms with Gasteiger partial charge in [0.15, 0.2) is 6.61 Å². The van der Waals surface area contributed by atoms with Crippen LogP contribution >= 0.6 is 0 Å². The normalized spacial score (nSPS) is 11.0. The molecule has 4 rings (SSSR count). The summed E-state index contributed by atoms with van der Waals surface area (Å²) in [5.74, 6) is 2.22. The molecule has 8 nitrogen and oxygen atoms in total. The average Bonchev–Trinajstić information content (AvgIpc) is 3.20. The van der Waals surface area contributed by atoms with Crippen LogP contribution in [-0.4, -0.2) is 26.8 Å². The molecule has 2 aromatic carbocycles. The zero-order valence-electron chi connectivity index (χ0n) is 15.7. The van der Waals surface area contributed by atoms with Crippen molar-refractivity contribution in [2.45, 2.75) is 13.5 Å². The smallest absolute Gasteiger partial charge is 0.272 e. The van der Waals surface area contributed by atoms with Gasteiger partial charge >= 0.3 is 0 Å². The first kappa shape index (κ1) is 17.7. The fraction of sp³-hybridized carbons (Fsp3) is 0.200. The van der Waals surface area contributed by atoms with Crippen molar-refractivity contribution < 1.29 is 14.0 Å². The van der Waals surface area contributed by atoms with E-state index in [1.165, 1.54) is 0 Å². The molecule has 0 saturated carbocycles. The maximum atomic E-state index is 12.0. The largest absolute Gasteiger partial charge is 0.497 e. The van der Waals surface area contributed by atoms with Crippen molar-refractivity contribution in [3.05, 3.63) is 64.4 Å². The van der Waals surface area contributed by atoms with Crippen molar-refractivity contribution in [1.29, 1.82) is 0 Å². The minimum Gasteiger partial charge on any atom is -0.497 e. The second kappa shape index (κ2) is 7.15. The Labute approximate surface area is 160 Å². The molecule has 0 bridgehead atoms. The van der Waals surface area contributed by atoms with Crippen molar-refractivity contribution in [3.8, 4) is 22.9 Å². The number of fused-ring (bicyclic) bond motifs is 1. The Morgan fingerprint density at radius 2 is 1.82 bits per heavy atom. The molecule has 8 heteroatoms. The summed E-state index contributed by atoms with van der Waals surface area (Å²) in [6.45, 7) is 1.84. The number of benzene rings is 2. The molecule has 0 saturated heterocycles. The maximum absolute atomic E-state index is 12.0. The lowest BCUT2D eigenvalue weighted by Gasteiger charge is -2.06. The third-order valence-corrected chi connectivity index (χ3v) is 4.39. The van der Waals surface area contributed by atoms with Crippen molar-refractivity contribution in [2.24, 2.45) is 7.05 Å². The van der Waals surface area contributed by atoms with Crippen LogP contribution in [0.15, 0.2) is 51.8 Å². The van der Waals surface area contributed by atoms with Crippen molar-refractivity contribution in [1.82, 2.24) is 19.7 Å². The highest BCUT2D eigenvalue weighted by molar-refractivity contribution is 5.80. The van der Waals surface area contributed by atoms with Crippen LogP contribution in [0.3, 0.4) is 0 Å². The Hall–Kier alpha value is -3.68. The number of aryl methyl sites for hydroxylation is 2. The zero-order chi connectivity index (χ0) is 19.7. The van der Waals surface area contributed by atoms with Gasteiger partial charge in [-0.05, 0) is 49.4 Å². The highest BCUT2D eigenvalue weighted by atomic mass is 16.5. The summed E-state index contributed by atoms with van der Waals surface area (Å²) in [5.41, 5.74) is 2.51. The predicted octanol–water partition coefficient (Wildman–Crippen LogP) is 2.88. The lowest BCUT2D eigenvalue weighted by atomic mass is 10.1. The second-order valence-electron chi connectivity index (χ2n) is 6.24. The highest BCUT2D eigenvalue weighted by Gasteiger charge is 2.12. The first-order chi connectivity index (χ1) is 13.5. The molecule has 4 aromatic rings. The third-order valence-electron chi connectivity index (χ3n) is 4.39. The van der Waals surface area contributed by atoms with Crippen molar-refractivity contribution >= 4 is 11.0 Å². The fourth-order valence-corrected chi connectivity index (χ4v) is 2.86. The molecular weight excluding hydrogens is 360 g/mol. The van der Waals surface area contributed by atoms with Crippen LogP contribution < -0.4 is 15.0 Å². The second-order valence-corrected chi connectivity index (χ2v) is 6.24. The predicted molar refractivity (Wildman–Crippen MR) is 102 cm³/mol. The molecule has 0 amide bonds. The first-order valence-electron chi connectivity index (χ1n) is 8.62. The molecule has 142 valence electrons. The molecule has 2 heterocycles. The molecule has 0 N–H and O–H groups in total. The van der Waals surface area contributed by atoms with Gasteiger partial charge in [-0.3, -0.25) is 4.79 Å². The van der Waals surface area contributed by atoms with Crippen molar-refractivity contribution in [3.63, 3.8) is 0 Å². The van der Waals surface area contributed by atoms with E-state index in [-0.39, 0.29) is 12.2 Å². The lowest BCUT2D eigenvalue weighted by Crippen LogP contribution is -2.21. The molecule has 0 aliphatic carbocycles. The molecule has 0 fully saturated rings. The van der Waals surface area contributed by atoms with Crippen LogP contribution in [-0.2, 0) is 13.7 Å². The summed E-state index contributed by atoms with van der Waals surface area (Å²) in [7, 11) is 3.33. The van der Waals surface area contributed by atoms with Crippen LogP contribution in [0.1, 0.15) is 11.6 Å².